The Balaban J connectivity index is 1.56. The molecule has 8 nitrogen and oxygen atoms in total. The number of hydrogen-bond acceptors (Lipinski definition) is 5. The van der Waals surface area contributed by atoms with Gasteiger partial charge in [0.15, 0.2) is 0 Å². The van der Waals surface area contributed by atoms with E-state index < -0.39 is 35.1 Å². The number of nitrogens with one attached hydrogen (secondary N) is 2. The Morgan fingerprint density at radius 3 is 2.34 bits per heavy atom. The number of carbonyl (C=O) groups is 3. The van der Waals surface area contributed by atoms with Crippen molar-refractivity contribution in [2.45, 2.75) is 90.1 Å². The van der Waals surface area contributed by atoms with Crippen molar-refractivity contribution >= 4 is 23.4 Å². The van der Waals surface area contributed by atoms with E-state index in [1.54, 1.807) is 4.90 Å². The van der Waals surface area contributed by atoms with Gasteiger partial charge in [-0.05, 0) is 55.7 Å². The van der Waals surface area contributed by atoms with Gasteiger partial charge in [0.1, 0.15) is 11.6 Å². The summed E-state index contributed by atoms with van der Waals surface area (Å²) < 4.78 is 6.88. The van der Waals surface area contributed by atoms with Gasteiger partial charge in [0.25, 0.3) is 0 Å². The van der Waals surface area contributed by atoms with Crippen LogP contribution in [0.4, 0.5) is 5.69 Å². The number of para-hydroxylation sites is 1. The molecule has 3 heterocycles. The summed E-state index contributed by atoms with van der Waals surface area (Å²) in [6.07, 6.45) is 2.37. The molecule has 0 aromatic heterocycles. The highest BCUT2D eigenvalue weighted by Gasteiger charge is 2.79. The summed E-state index contributed by atoms with van der Waals surface area (Å²) in [5.74, 6) is -2.43. The molecule has 1 spiro atoms. The van der Waals surface area contributed by atoms with Crippen molar-refractivity contribution in [1.82, 2.24) is 10.2 Å². The molecule has 3 amide bonds. The van der Waals surface area contributed by atoms with Crippen LogP contribution in [-0.2, 0) is 25.7 Å². The highest BCUT2D eigenvalue weighted by Crippen LogP contribution is 2.64. The first-order chi connectivity index (χ1) is 19.6. The van der Waals surface area contributed by atoms with Gasteiger partial charge in [-0.25, -0.2) is 0 Å². The normalized spacial score (nSPS) is 29.8. The van der Waals surface area contributed by atoms with Gasteiger partial charge in [0, 0.05) is 12.2 Å². The maximum Gasteiger partial charge on any atom is 0.250 e. The molecule has 0 saturated carbocycles. The first-order valence-corrected chi connectivity index (χ1v) is 15.0. The Morgan fingerprint density at radius 2 is 1.73 bits per heavy atom. The van der Waals surface area contributed by atoms with E-state index in [1.165, 1.54) is 0 Å². The van der Waals surface area contributed by atoms with Crippen LogP contribution in [-0.4, -0.2) is 57.6 Å². The van der Waals surface area contributed by atoms with E-state index in [0.717, 1.165) is 23.1 Å². The average Bonchev–Trinajstić information content (AvgIpc) is 3.58. The SMILES string of the molecule is CC[C@H](C)[C@H](CO)N1C(=O)[C@@H]2[C@H](C(=O)NCc3ccccc3)[C@]3(CC)CCC2(O3)C1C(=O)Nc1c(C)cccc1C. The Labute approximate surface area is 242 Å². The zero-order valence-corrected chi connectivity index (χ0v) is 24.8. The van der Waals surface area contributed by atoms with Gasteiger partial charge in [0.2, 0.25) is 17.7 Å². The molecule has 2 aromatic carbocycles. The van der Waals surface area contributed by atoms with E-state index in [0.29, 0.717) is 31.5 Å². The number of hydrogen-bond donors (Lipinski definition) is 3. The Hall–Kier alpha value is -3.23. The van der Waals surface area contributed by atoms with Gasteiger partial charge in [0.05, 0.1) is 30.1 Å². The summed E-state index contributed by atoms with van der Waals surface area (Å²) in [5.41, 5.74) is 1.54. The van der Waals surface area contributed by atoms with Crippen molar-refractivity contribution in [2.75, 3.05) is 11.9 Å². The van der Waals surface area contributed by atoms with Gasteiger partial charge in [-0.3, -0.25) is 14.4 Å². The first kappa shape index (κ1) is 29.3. The number of aryl methyl sites for hydroxylation is 2. The molecule has 0 aliphatic carbocycles. The number of carbonyl (C=O) groups excluding carboxylic acids is 3. The number of anilines is 1. The van der Waals surface area contributed by atoms with Crippen LogP contribution in [0.25, 0.3) is 0 Å². The molecule has 3 N–H and O–H groups in total. The van der Waals surface area contributed by atoms with Gasteiger partial charge in [-0.1, -0.05) is 75.7 Å². The molecule has 2 bridgehead atoms. The van der Waals surface area contributed by atoms with E-state index in [2.05, 4.69) is 10.6 Å². The summed E-state index contributed by atoms with van der Waals surface area (Å²) >= 11 is 0. The number of fused-ring (bicyclic) bond motifs is 1. The summed E-state index contributed by atoms with van der Waals surface area (Å²) in [4.78, 5) is 44.4. The van der Waals surface area contributed by atoms with Crippen molar-refractivity contribution in [2.24, 2.45) is 17.8 Å². The van der Waals surface area contributed by atoms with Gasteiger partial charge >= 0.3 is 0 Å². The fraction of sp³-hybridized carbons (Fsp3) is 0.545. The van der Waals surface area contributed by atoms with Gasteiger partial charge in [-0.15, -0.1) is 0 Å². The minimum absolute atomic E-state index is 0.0580. The van der Waals surface area contributed by atoms with Crippen LogP contribution in [0.1, 0.15) is 63.1 Å². The van der Waals surface area contributed by atoms with Crippen molar-refractivity contribution in [1.29, 1.82) is 0 Å². The minimum Gasteiger partial charge on any atom is -0.394 e. The second kappa shape index (κ2) is 11.2. The number of rotatable bonds is 10. The minimum atomic E-state index is -1.15. The predicted octanol–water partition coefficient (Wildman–Crippen LogP) is 4.12. The fourth-order valence-corrected chi connectivity index (χ4v) is 7.62. The molecule has 2 unspecified atom stereocenters. The third-order valence-electron chi connectivity index (χ3n) is 10.0. The highest BCUT2D eigenvalue weighted by atomic mass is 16.5. The Kier molecular flexibility index (Phi) is 8.01. The van der Waals surface area contributed by atoms with Crippen LogP contribution in [0.3, 0.4) is 0 Å². The summed E-state index contributed by atoms with van der Waals surface area (Å²) in [7, 11) is 0. The van der Waals surface area contributed by atoms with Crippen molar-refractivity contribution in [3.63, 3.8) is 0 Å². The van der Waals surface area contributed by atoms with Crippen LogP contribution in [0.2, 0.25) is 0 Å². The standard InChI is InChI=1S/C33H43N3O5/c1-6-20(3)24(19-37)36-28(30(39)35-27-21(4)12-11-13-22(27)5)33-17-16-32(7-2,41-33)25(26(33)31(36)40)29(38)34-18-23-14-9-8-10-15-23/h8-15,20,24-26,28,37H,6-7,16-19H2,1-5H3,(H,34,38)(H,35,39)/t20-,24-,25+,26-,28?,32-,33?/m0/s1. The lowest BCUT2D eigenvalue weighted by Gasteiger charge is -2.39. The van der Waals surface area contributed by atoms with Crippen LogP contribution in [0.15, 0.2) is 48.5 Å². The van der Waals surface area contributed by atoms with E-state index in [4.69, 9.17) is 4.74 Å². The number of benzene rings is 2. The molecule has 7 atom stereocenters. The quantitative estimate of drug-likeness (QED) is 0.405. The third-order valence-corrected chi connectivity index (χ3v) is 10.0. The zero-order chi connectivity index (χ0) is 29.5. The number of aliphatic hydroxyl groups excluding tert-OH is 1. The van der Waals surface area contributed by atoms with Gasteiger partial charge in [-0.2, -0.15) is 0 Å². The molecular formula is C33H43N3O5. The molecule has 3 saturated heterocycles. The highest BCUT2D eigenvalue weighted by molar-refractivity contribution is 6.04. The number of aliphatic hydroxyl groups is 1. The molecule has 3 aliphatic rings. The van der Waals surface area contributed by atoms with Crippen LogP contribution in [0.5, 0.6) is 0 Å². The molecule has 8 heteroatoms. The maximum absolute atomic E-state index is 14.5. The third kappa shape index (κ3) is 4.65. The summed E-state index contributed by atoms with van der Waals surface area (Å²) in [6.45, 7) is 9.92. The van der Waals surface area contributed by atoms with E-state index in [1.807, 2.05) is 83.1 Å². The second-order valence-corrected chi connectivity index (χ2v) is 12.2. The maximum atomic E-state index is 14.5. The van der Waals surface area contributed by atoms with Crippen molar-refractivity contribution in [3.05, 3.63) is 65.2 Å². The zero-order valence-electron chi connectivity index (χ0n) is 24.8. The molecule has 41 heavy (non-hydrogen) atoms. The Morgan fingerprint density at radius 1 is 1.05 bits per heavy atom. The summed E-state index contributed by atoms with van der Waals surface area (Å²) in [5, 5.41) is 16.7. The van der Waals surface area contributed by atoms with Crippen LogP contribution in [0, 0.1) is 31.6 Å². The molecule has 2 aromatic rings. The molecular weight excluding hydrogens is 518 g/mol. The van der Waals surface area contributed by atoms with Crippen molar-refractivity contribution in [3.8, 4) is 0 Å². The van der Waals surface area contributed by atoms with Crippen molar-refractivity contribution < 1.29 is 24.2 Å². The molecule has 5 rings (SSSR count). The van der Waals surface area contributed by atoms with Gasteiger partial charge < -0.3 is 25.4 Å². The van der Waals surface area contributed by atoms with Crippen LogP contribution < -0.4 is 10.6 Å². The lowest BCUT2D eigenvalue weighted by atomic mass is 9.65. The molecule has 0 radical (unpaired) electrons. The lowest BCUT2D eigenvalue weighted by Crippen LogP contribution is -2.57. The Bertz CT molecular complexity index is 1290. The molecule has 220 valence electrons. The summed E-state index contributed by atoms with van der Waals surface area (Å²) in [6, 6.07) is 13.9. The number of likely N-dealkylation sites (tertiary alicyclic amines) is 1. The molecule has 3 fully saturated rings. The monoisotopic (exact) mass is 561 g/mol. The topological polar surface area (TPSA) is 108 Å². The fourth-order valence-electron chi connectivity index (χ4n) is 7.62. The number of amides is 3. The van der Waals surface area contributed by atoms with E-state index in [-0.39, 0.29) is 30.2 Å². The smallest absolute Gasteiger partial charge is 0.250 e. The lowest BCUT2D eigenvalue weighted by molar-refractivity contribution is -0.150. The number of nitrogens with zero attached hydrogens (tertiary/aromatic N) is 1. The first-order valence-electron chi connectivity index (χ1n) is 15.0. The molecule has 3 aliphatic heterocycles. The van der Waals surface area contributed by atoms with E-state index in [9.17, 15) is 19.5 Å². The van der Waals surface area contributed by atoms with Crippen LogP contribution >= 0.6 is 0 Å². The largest absolute Gasteiger partial charge is 0.394 e. The predicted molar refractivity (Wildman–Crippen MR) is 157 cm³/mol. The average molecular weight is 562 g/mol. The van der Waals surface area contributed by atoms with E-state index >= 15 is 0 Å². The number of ether oxygens (including phenoxy) is 1. The second-order valence-electron chi connectivity index (χ2n) is 12.2.